The fourth-order valence-electron chi connectivity index (χ4n) is 2.45. The summed E-state index contributed by atoms with van der Waals surface area (Å²) in [6.45, 7) is 0. The molecule has 150 valence electrons. The van der Waals surface area contributed by atoms with Gasteiger partial charge in [-0.15, -0.1) is 0 Å². The molecule has 2 aromatic carbocycles. The van der Waals surface area contributed by atoms with Gasteiger partial charge >= 0.3 is 0 Å². The molecule has 0 unspecified atom stereocenters. The summed E-state index contributed by atoms with van der Waals surface area (Å²) in [4.78, 5) is 24.0. The van der Waals surface area contributed by atoms with E-state index in [1.54, 1.807) is 0 Å². The molecule has 1 amide bonds. The largest absolute Gasteiger partial charge is 0.545 e. The molecule has 0 spiro atoms. The topological polar surface area (TPSA) is 106 Å². The van der Waals surface area contributed by atoms with Crippen LogP contribution < -0.4 is 29.4 Å². The van der Waals surface area contributed by atoms with E-state index in [-0.39, 0.29) is 39.1 Å². The van der Waals surface area contributed by atoms with E-state index in [4.69, 9.17) is 30.5 Å². The van der Waals surface area contributed by atoms with Crippen molar-refractivity contribution in [3.8, 4) is 23.0 Å². The van der Waals surface area contributed by atoms with Crippen LogP contribution in [0.15, 0.2) is 22.7 Å². The van der Waals surface area contributed by atoms with Gasteiger partial charge in [0.05, 0.1) is 55.2 Å². The number of amides is 1. The Labute approximate surface area is 174 Å². The number of carbonyl (C=O) groups excluding carboxylic acids is 2. The smallest absolute Gasteiger partial charge is 0.257 e. The average molecular weight is 474 g/mol. The van der Waals surface area contributed by atoms with Gasteiger partial charge in [-0.2, -0.15) is 0 Å². The lowest BCUT2D eigenvalue weighted by atomic mass is 10.1. The highest BCUT2D eigenvalue weighted by Crippen LogP contribution is 2.45. The number of nitrogens with one attached hydrogen (secondary N) is 1. The Bertz CT molecular complexity index is 933. The zero-order chi connectivity index (χ0) is 21.0. The molecule has 28 heavy (non-hydrogen) atoms. The van der Waals surface area contributed by atoms with E-state index < -0.39 is 11.9 Å². The van der Waals surface area contributed by atoms with Gasteiger partial charge in [-0.05, 0) is 28.1 Å². The van der Waals surface area contributed by atoms with Crippen LogP contribution >= 0.6 is 27.5 Å². The summed E-state index contributed by atoms with van der Waals surface area (Å²) in [5.74, 6) is -1.16. The predicted molar refractivity (Wildman–Crippen MR) is 104 cm³/mol. The number of halogens is 2. The van der Waals surface area contributed by atoms with Crippen molar-refractivity contribution in [2.24, 2.45) is 0 Å². The lowest BCUT2D eigenvalue weighted by molar-refractivity contribution is -0.255. The van der Waals surface area contributed by atoms with Crippen LogP contribution in [0.4, 0.5) is 5.69 Å². The zero-order valence-electron chi connectivity index (χ0n) is 15.3. The first kappa shape index (κ1) is 21.6. The van der Waals surface area contributed by atoms with E-state index in [2.05, 4.69) is 21.2 Å². The SMILES string of the molecule is COc1cc(NC(=O)c2cc(OC)c(OC)c(OC)c2Br)c(Cl)cc1C(=O)[O-]. The third kappa shape index (κ3) is 4.10. The highest BCUT2D eigenvalue weighted by molar-refractivity contribution is 9.10. The van der Waals surface area contributed by atoms with Crippen molar-refractivity contribution in [2.75, 3.05) is 33.8 Å². The Balaban J connectivity index is 2.50. The van der Waals surface area contributed by atoms with Gasteiger partial charge in [-0.3, -0.25) is 4.79 Å². The lowest BCUT2D eigenvalue weighted by Gasteiger charge is -2.17. The first-order valence-electron chi connectivity index (χ1n) is 7.67. The second-order valence-electron chi connectivity index (χ2n) is 5.28. The highest BCUT2D eigenvalue weighted by atomic mass is 79.9. The number of carbonyl (C=O) groups is 2. The molecule has 0 aliphatic rings. The number of anilines is 1. The predicted octanol–water partition coefficient (Wildman–Crippen LogP) is 2.75. The highest BCUT2D eigenvalue weighted by Gasteiger charge is 2.23. The number of methoxy groups -OCH3 is 4. The lowest BCUT2D eigenvalue weighted by Crippen LogP contribution is -2.23. The molecule has 0 radical (unpaired) electrons. The van der Waals surface area contributed by atoms with E-state index in [9.17, 15) is 14.7 Å². The summed E-state index contributed by atoms with van der Waals surface area (Å²) in [7, 11) is 5.58. The normalized spacial score (nSPS) is 10.2. The van der Waals surface area contributed by atoms with Gasteiger partial charge in [0.1, 0.15) is 5.75 Å². The standard InChI is InChI=1S/C18H17BrClNO7/c1-25-12-7-11(10(20)5-8(12)18(23)24)21-17(22)9-6-13(26-2)15(27-3)16(28-4)14(9)19/h5-7H,1-4H3,(H,21,22)(H,23,24)/p-1. The maximum atomic E-state index is 12.8. The van der Waals surface area contributed by atoms with Crippen molar-refractivity contribution in [1.82, 2.24) is 0 Å². The van der Waals surface area contributed by atoms with Gasteiger partial charge in [-0.1, -0.05) is 11.6 Å². The molecule has 0 aliphatic carbocycles. The summed E-state index contributed by atoms with van der Waals surface area (Å²) in [6, 6.07) is 3.88. The second kappa shape index (κ2) is 9.03. The van der Waals surface area contributed by atoms with Gasteiger partial charge in [0.15, 0.2) is 11.5 Å². The molecule has 0 heterocycles. The van der Waals surface area contributed by atoms with Crippen LogP contribution in [0.2, 0.25) is 5.02 Å². The third-order valence-electron chi connectivity index (χ3n) is 3.77. The summed E-state index contributed by atoms with van der Waals surface area (Å²) in [5.41, 5.74) is 0.0853. The summed E-state index contributed by atoms with van der Waals surface area (Å²) >= 11 is 9.42. The molecule has 1 N–H and O–H groups in total. The molecule has 0 bridgehead atoms. The Morgan fingerprint density at radius 3 is 2.04 bits per heavy atom. The molecule has 2 rings (SSSR count). The first-order chi connectivity index (χ1) is 13.3. The number of benzene rings is 2. The van der Waals surface area contributed by atoms with Gasteiger partial charge in [-0.25, -0.2) is 0 Å². The number of carboxylic acids is 1. The molecular weight excluding hydrogens is 458 g/mol. The summed E-state index contributed by atoms with van der Waals surface area (Å²) < 4.78 is 21.2. The van der Waals surface area contributed by atoms with E-state index >= 15 is 0 Å². The average Bonchev–Trinajstić information content (AvgIpc) is 2.68. The quantitative estimate of drug-likeness (QED) is 0.659. The number of ether oxygens (including phenoxy) is 4. The minimum absolute atomic E-state index is 0.00286. The molecule has 0 saturated heterocycles. The summed E-state index contributed by atoms with van der Waals surface area (Å²) in [5, 5.41) is 13.8. The molecular formula is C18H16BrClNO7-. The van der Waals surface area contributed by atoms with Crippen LogP contribution in [-0.2, 0) is 0 Å². The number of hydrogen-bond acceptors (Lipinski definition) is 7. The Morgan fingerprint density at radius 1 is 0.929 bits per heavy atom. The third-order valence-corrected chi connectivity index (χ3v) is 4.87. The number of carboxylic acid groups (broad SMARTS) is 1. The zero-order valence-corrected chi connectivity index (χ0v) is 17.7. The van der Waals surface area contributed by atoms with Crippen molar-refractivity contribution in [2.45, 2.75) is 0 Å². The van der Waals surface area contributed by atoms with Crippen LogP contribution in [0.3, 0.4) is 0 Å². The monoisotopic (exact) mass is 472 g/mol. The van der Waals surface area contributed by atoms with Crippen LogP contribution in [0.5, 0.6) is 23.0 Å². The molecule has 0 aromatic heterocycles. The number of aromatic carboxylic acids is 1. The van der Waals surface area contributed by atoms with Crippen molar-refractivity contribution < 1.29 is 33.6 Å². The molecule has 0 saturated carbocycles. The summed E-state index contributed by atoms with van der Waals surface area (Å²) in [6.07, 6.45) is 0. The Kier molecular flexibility index (Phi) is 6.98. The van der Waals surface area contributed by atoms with Gasteiger partial charge in [0.25, 0.3) is 5.91 Å². The maximum absolute atomic E-state index is 12.8. The maximum Gasteiger partial charge on any atom is 0.257 e. The van der Waals surface area contributed by atoms with Crippen molar-refractivity contribution in [3.63, 3.8) is 0 Å². The van der Waals surface area contributed by atoms with Crippen LogP contribution in [0.25, 0.3) is 0 Å². The molecule has 0 fully saturated rings. The fourth-order valence-corrected chi connectivity index (χ4v) is 3.30. The van der Waals surface area contributed by atoms with E-state index in [1.807, 2.05) is 0 Å². The van der Waals surface area contributed by atoms with Crippen LogP contribution in [0, 0.1) is 0 Å². The molecule has 0 atom stereocenters. The number of rotatable bonds is 7. The Hall–Kier alpha value is -2.65. The Morgan fingerprint density at radius 2 is 1.54 bits per heavy atom. The van der Waals surface area contributed by atoms with Crippen LogP contribution in [0.1, 0.15) is 20.7 Å². The van der Waals surface area contributed by atoms with E-state index in [0.29, 0.717) is 10.2 Å². The first-order valence-corrected chi connectivity index (χ1v) is 8.84. The van der Waals surface area contributed by atoms with E-state index in [1.165, 1.54) is 40.6 Å². The molecule has 2 aromatic rings. The second-order valence-corrected chi connectivity index (χ2v) is 6.48. The van der Waals surface area contributed by atoms with Crippen molar-refractivity contribution in [1.29, 1.82) is 0 Å². The van der Waals surface area contributed by atoms with E-state index in [0.717, 1.165) is 6.07 Å². The van der Waals surface area contributed by atoms with Crippen molar-refractivity contribution >= 4 is 45.1 Å². The fraction of sp³-hybridized carbons (Fsp3) is 0.222. The molecule has 10 heteroatoms. The van der Waals surface area contributed by atoms with Gasteiger partial charge in [0.2, 0.25) is 5.75 Å². The molecule has 0 aliphatic heterocycles. The number of hydrogen-bond donors (Lipinski definition) is 1. The molecule has 8 nitrogen and oxygen atoms in total. The minimum Gasteiger partial charge on any atom is -0.545 e. The van der Waals surface area contributed by atoms with Gasteiger partial charge in [0, 0.05) is 11.6 Å². The van der Waals surface area contributed by atoms with Crippen LogP contribution in [-0.4, -0.2) is 40.3 Å². The van der Waals surface area contributed by atoms with Crippen molar-refractivity contribution in [3.05, 3.63) is 38.8 Å². The minimum atomic E-state index is -1.45. The van der Waals surface area contributed by atoms with Gasteiger partial charge < -0.3 is 34.2 Å².